The lowest BCUT2D eigenvalue weighted by Gasteiger charge is -2.09. The Labute approximate surface area is 184 Å². The van der Waals surface area contributed by atoms with Gasteiger partial charge in [0.15, 0.2) is 5.13 Å². The zero-order valence-corrected chi connectivity index (χ0v) is 18.3. The lowest BCUT2D eigenvalue weighted by Crippen LogP contribution is -2.18. The zero-order valence-electron chi connectivity index (χ0n) is 17.5. The van der Waals surface area contributed by atoms with Gasteiger partial charge in [-0.1, -0.05) is 72.0 Å². The first-order valence-corrected chi connectivity index (χ1v) is 10.8. The highest BCUT2D eigenvalue weighted by molar-refractivity contribution is 7.18. The Hall–Kier alpha value is -3.58. The molecule has 31 heavy (non-hydrogen) atoms. The number of anilines is 1. The Morgan fingerprint density at radius 3 is 2.29 bits per heavy atom. The molecule has 6 nitrogen and oxygen atoms in total. The van der Waals surface area contributed by atoms with Gasteiger partial charge in [-0.15, -0.1) is 0 Å². The Bertz CT molecular complexity index is 1230. The number of carbonyl (C=O) groups is 2. The van der Waals surface area contributed by atoms with E-state index in [9.17, 15) is 9.59 Å². The van der Waals surface area contributed by atoms with Crippen molar-refractivity contribution in [2.75, 3.05) is 5.32 Å². The van der Waals surface area contributed by atoms with Crippen LogP contribution in [0.4, 0.5) is 5.13 Å². The number of hydrogen-bond donors (Lipinski definition) is 1. The maximum atomic E-state index is 13.2. The molecule has 0 unspecified atom stereocenters. The van der Waals surface area contributed by atoms with Crippen LogP contribution < -0.4 is 5.32 Å². The van der Waals surface area contributed by atoms with E-state index in [4.69, 9.17) is 0 Å². The number of carbonyl (C=O) groups excluding carboxylic acids is 2. The van der Waals surface area contributed by atoms with Gasteiger partial charge in [-0.05, 0) is 26.8 Å². The molecule has 1 amide bonds. The van der Waals surface area contributed by atoms with Crippen LogP contribution in [0.3, 0.4) is 0 Å². The maximum absolute atomic E-state index is 13.2. The average molecular weight is 431 g/mol. The van der Waals surface area contributed by atoms with E-state index in [0.29, 0.717) is 27.0 Å². The number of amides is 1. The molecule has 2 heterocycles. The largest absolute Gasteiger partial charge is 0.296 e. The molecule has 7 heteroatoms. The molecule has 0 radical (unpaired) electrons. The van der Waals surface area contributed by atoms with E-state index >= 15 is 0 Å². The van der Waals surface area contributed by atoms with Gasteiger partial charge in [-0.2, -0.15) is 5.10 Å². The SMILES string of the molecule is Cc1cc(C(=O)Nc2nc(-c3ccccc3)c(C(=O)c3ccccc3)s2)n(C(C)C)n1. The molecule has 156 valence electrons. The summed E-state index contributed by atoms with van der Waals surface area (Å²) in [5.41, 5.74) is 3.18. The topological polar surface area (TPSA) is 76.9 Å². The molecule has 4 rings (SSSR count). The van der Waals surface area contributed by atoms with Crippen LogP contribution in [0.2, 0.25) is 0 Å². The summed E-state index contributed by atoms with van der Waals surface area (Å²) < 4.78 is 1.69. The molecule has 0 spiro atoms. The summed E-state index contributed by atoms with van der Waals surface area (Å²) in [6.07, 6.45) is 0. The van der Waals surface area contributed by atoms with Crippen molar-refractivity contribution in [1.82, 2.24) is 14.8 Å². The Morgan fingerprint density at radius 2 is 1.65 bits per heavy atom. The van der Waals surface area contributed by atoms with Gasteiger partial charge in [0.25, 0.3) is 5.91 Å². The molecule has 0 saturated carbocycles. The molecule has 4 aromatic rings. The molecule has 0 saturated heterocycles. The average Bonchev–Trinajstić information content (AvgIpc) is 3.38. The number of ketones is 1. The highest BCUT2D eigenvalue weighted by Gasteiger charge is 2.23. The molecule has 0 aliphatic heterocycles. The summed E-state index contributed by atoms with van der Waals surface area (Å²) >= 11 is 1.18. The lowest BCUT2D eigenvalue weighted by molar-refractivity contribution is 0.101. The van der Waals surface area contributed by atoms with Crippen molar-refractivity contribution in [2.24, 2.45) is 0 Å². The van der Waals surface area contributed by atoms with E-state index in [2.05, 4.69) is 15.4 Å². The highest BCUT2D eigenvalue weighted by atomic mass is 32.1. The van der Waals surface area contributed by atoms with Crippen molar-refractivity contribution in [3.63, 3.8) is 0 Å². The van der Waals surface area contributed by atoms with Crippen molar-refractivity contribution in [2.45, 2.75) is 26.8 Å². The highest BCUT2D eigenvalue weighted by Crippen LogP contribution is 2.33. The van der Waals surface area contributed by atoms with Crippen molar-refractivity contribution in [3.8, 4) is 11.3 Å². The molecule has 2 aromatic heterocycles. The summed E-state index contributed by atoms with van der Waals surface area (Å²) in [4.78, 5) is 31.3. The molecule has 2 aromatic carbocycles. The third-order valence-corrected chi connectivity index (χ3v) is 5.69. The summed E-state index contributed by atoms with van der Waals surface area (Å²) in [6, 6.07) is 20.4. The molecular weight excluding hydrogens is 408 g/mol. The van der Waals surface area contributed by atoms with Gasteiger partial charge in [-0.3, -0.25) is 19.6 Å². The van der Waals surface area contributed by atoms with Crippen molar-refractivity contribution in [1.29, 1.82) is 0 Å². The first-order chi connectivity index (χ1) is 14.9. The molecule has 0 aliphatic carbocycles. The van der Waals surface area contributed by atoms with Crippen molar-refractivity contribution in [3.05, 3.63) is 88.6 Å². The van der Waals surface area contributed by atoms with Gasteiger partial charge < -0.3 is 0 Å². The van der Waals surface area contributed by atoms with E-state index in [-0.39, 0.29) is 17.7 Å². The standard InChI is InChI=1S/C24H22N4O2S/c1-15(2)28-19(14-16(3)27-28)23(30)26-24-25-20(17-10-6-4-7-11-17)22(31-24)21(29)18-12-8-5-9-13-18/h4-15H,1-3H3,(H,25,26,30). The van der Waals surface area contributed by atoms with Crippen molar-refractivity contribution < 1.29 is 9.59 Å². The fourth-order valence-corrected chi connectivity index (χ4v) is 4.23. The summed E-state index contributed by atoms with van der Waals surface area (Å²) in [7, 11) is 0. The van der Waals surface area contributed by atoms with E-state index in [0.717, 1.165) is 11.3 Å². The minimum absolute atomic E-state index is 0.0424. The van der Waals surface area contributed by atoms with E-state index in [1.54, 1.807) is 22.9 Å². The zero-order chi connectivity index (χ0) is 22.0. The van der Waals surface area contributed by atoms with Gasteiger partial charge in [0, 0.05) is 17.2 Å². The third-order valence-electron chi connectivity index (χ3n) is 4.72. The number of hydrogen-bond acceptors (Lipinski definition) is 5. The second-order valence-electron chi connectivity index (χ2n) is 7.42. The Morgan fingerprint density at radius 1 is 1.00 bits per heavy atom. The van der Waals surface area contributed by atoms with Gasteiger partial charge in [0.2, 0.25) is 5.78 Å². The molecule has 1 N–H and O–H groups in total. The second-order valence-corrected chi connectivity index (χ2v) is 8.42. The predicted molar refractivity (Wildman–Crippen MR) is 123 cm³/mol. The number of nitrogens with zero attached hydrogens (tertiary/aromatic N) is 3. The third kappa shape index (κ3) is 4.32. The van der Waals surface area contributed by atoms with Crippen LogP contribution in [0.5, 0.6) is 0 Å². The maximum Gasteiger partial charge on any atom is 0.275 e. The summed E-state index contributed by atoms with van der Waals surface area (Å²) in [5, 5.41) is 7.63. The van der Waals surface area contributed by atoms with E-state index in [1.807, 2.05) is 69.3 Å². The monoisotopic (exact) mass is 430 g/mol. The number of rotatable bonds is 6. The van der Waals surface area contributed by atoms with Crippen LogP contribution in [0.1, 0.15) is 51.3 Å². The fraction of sp³-hybridized carbons (Fsp3) is 0.167. The lowest BCUT2D eigenvalue weighted by atomic mass is 10.1. The fourth-order valence-electron chi connectivity index (χ4n) is 3.28. The molecule has 0 aliphatic rings. The number of thiazole rings is 1. The van der Waals surface area contributed by atoms with Gasteiger partial charge in [0.1, 0.15) is 10.6 Å². The first kappa shape index (κ1) is 20.7. The minimum atomic E-state index is -0.304. The predicted octanol–water partition coefficient (Wildman–Crippen LogP) is 5.38. The number of benzene rings is 2. The smallest absolute Gasteiger partial charge is 0.275 e. The van der Waals surface area contributed by atoms with Crippen LogP contribution in [0.15, 0.2) is 66.7 Å². The van der Waals surface area contributed by atoms with Crippen LogP contribution in [0, 0.1) is 6.92 Å². The number of nitrogens with one attached hydrogen (secondary N) is 1. The van der Waals surface area contributed by atoms with Crippen molar-refractivity contribution >= 4 is 28.2 Å². The summed E-state index contributed by atoms with van der Waals surface area (Å²) in [5.74, 6) is -0.429. The Balaban J connectivity index is 1.72. The van der Waals surface area contributed by atoms with Crippen LogP contribution in [-0.4, -0.2) is 26.5 Å². The van der Waals surface area contributed by atoms with Gasteiger partial charge in [-0.25, -0.2) is 4.98 Å². The van der Waals surface area contributed by atoms with Crippen LogP contribution >= 0.6 is 11.3 Å². The van der Waals surface area contributed by atoms with E-state index in [1.165, 1.54) is 11.3 Å². The van der Waals surface area contributed by atoms with Gasteiger partial charge in [0.05, 0.1) is 11.4 Å². The van der Waals surface area contributed by atoms with Gasteiger partial charge >= 0.3 is 0 Å². The Kier molecular flexibility index (Phi) is 5.77. The second kappa shape index (κ2) is 8.65. The van der Waals surface area contributed by atoms with E-state index < -0.39 is 0 Å². The number of aryl methyl sites for hydroxylation is 1. The molecule has 0 atom stereocenters. The quantitative estimate of drug-likeness (QED) is 0.417. The molecule has 0 bridgehead atoms. The first-order valence-electron chi connectivity index (χ1n) is 9.97. The molecule has 0 fully saturated rings. The van der Waals surface area contributed by atoms with Crippen LogP contribution in [-0.2, 0) is 0 Å². The normalized spacial score (nSPS) is 11.0. The summed E-state index contributed by atoms with van der Waals surface area (Å²) in [6.45, 7) is 5.79. The molecular formula is C24H22N4O2S. The minimum Gasteiger partial charge on any atom is -0.296 e. The van der Waals surface area contributed by atoms with Crippen LogP contribution in [0.25, 0.3) is 11.3 Å². The number of aromatic nitrogens is 3.